The van der Waals surface area contributed by atoms with E-state index in [1.165, 1.54) is 102 Å². The summed E-state index contributed by atoms with van der Waals surface area (Å²) in [5.41, 5.74) is 2.06. The van der Waals surface area contributed by atoms with Crippen LogP contribution in [0.3, 0.4) is 0 Å². The van der Waals surface area contributed by atoms with Crippen LogP contribution < -0.4 is 0 Å². The molecule has 1 atom stereocenters. The van der Waals surface area contributed by atoms with Crippen molar-refractivity contribution in [1.82, 2.24) is 4.90 Å². The van der Waals surface area contributed by atoms with Crippen LogP contribution in [0.2, 0.25) is 0 Å². The Hall–Kier alpha value is -1.61. The van der Waals surface area contributed by atoms with E-state index in [-0.39, 0.29) is 5.91 Å². The van der Waals surface area contributed by atoms with E-state index in [9.17, 15) is 4.79 Å². The van der Waals surface area contributed by atoms with Gasteiger partial charge in [0.1, 0.15) is 6.04 Å². The number of nitrogens with zero attached hydrogens (tertiary/aromatic N) is 2. The van der Waals surface area contributed by atoms with Gasteiger partial charge < -0.3 is 9.38 Å². The van der Waals surface area contributed by atoms with Gasteiger partial charge in [0, 0.05) is 37.6 Å². The standard InChI is InChI=1S/C33H59N2O/c1-7-8-9-10-11-12-13-14-15-16-17-18-19-23-27-32(31-25-21-20-22-26-31)35(5,6)29-24-28-34(4)33(36)30(2)3/h20-22,25-26,32H,2,7-19,23-24,27-29H2,1,3-6H3/q+1. The van der Waals surface area contributed by atoms with Crippen LogP contribution >= 0.6 is 0 Å². The second-order valence-corrected chi connectivity index (χ2v) is 11.7. The molecule has 206 valence electrons. The first-order valence-corrected chi connectivity index (χ1v) is 15.1. The van der Waals surface area contributed by atoms with E-state index in [1.807, 2.05) is 11.9 Å². The van der Waals surface area contributed by atoms with Crippen molar-refractivity contribution in [3.05, 3.63) is 48.0 Å². The Labute approximate surface area is 224 Å². The zero-order valence-electron chi connectivity index (χ0n) is 24.7. The second kappa shape index (κ2) is 19.5. The van der Waals surface area contributed by atoms with Crippen LogP contribution in [0.4, 0.5) is 0 Å². The summed E-state index contributed by atoms with van der Waals surface area (Å²) in [6.45, 7) is 9.72. The van der Waals surface area contributed by atoms with Crippen molar-refractivity contribution in [3.63, 3.8) is 0 Å². The Morgan fingerprint density at radius 1 is 0.806 bits per heavy atom. The van der Waals surface area contributed by atoms with E-state index in [4.69, 9.17) is 0 Å². The number of benzene rings is 1. The molecule has 1 unspecified atom stereocenters. The van der Waals surface area contributed by atoms with Crippen LogP contribution in [0.25, 0.3) is 0 Å². The lowest BCUT2D eigenvalue weighted by atomic mass is 9.96. The molecular weight excluding hydrogens is 440 g/mol. The van der Waals surface area contributed by atoms with Crippen molar-refractivity contribution in [1.29, 1.82) is 0 Å². The molecule has 0 fully saturated rings. The minimum absolute atomic E-state index is 0.0577. The predicted molar refractivity (Wildman–Crippen MR) is 158 cm³/mol. The lowest BCUT2D eigenvalue weighted by Crippen LogP contribution is -2.45. The van der Waals surface area contributed by atoms with Crippen molar-refractivity contribution < 1.29 is 9.28 Å². The molecule has 3 nitrogen and oxygen atoms in total. The molecule has 1 aromatic rings. The first-order valence-electron chi connectivity index (χ1n) is 15.1. The van der Waals surface area contributed by atoms with Gasteiger partial charge in [0.15, 0.2) is 0 Å². The minimum atomic E-state index is 0.0577. The molecule has 0 saturated heterocycles. The summed E-state index contributed by atoms with van der Waals surface area (Å²) < 4.78 is 0.970. The molecule has 1 amide bonds. The number of rotatable bonds is 22. The van der Waals surface area contributed by atoms with Crippen molar-refractivity contribution in [2.45, 2.75) is 123 Å². The quantitative estimate of drug-likeness (QED) is 0.0884. The highest BCUT2D eigenvalue weighted by Crippen LogP contribution is 2.31. The molecule has 0 saturated carbocycles. The maximum absolute atomic E-state index is 12.1. The number of hydrogen-bond acceptors (Lipinski definition) is 1. The second-order valence-electron chi connectivity index (χ2n) is 11.7. The zero-order chi connectivity index (χ0) is 26.7. The number of carbonyl (C=O) groups is 1. The lowest BCUT2D eigenvalue weighted by molar-refractivity contribution is -0.921. The van der Waals surface area contributed by atoms with Crippen molar-refractivity contribution in [3.8, 4) is 0 Å². The van der Waals surface area contributed by atoms with Crippen LogP contribution in [0.5, 0.6) is 0 Å². The lowest BCUT2D eigenvalue weighted by Gasteiger charge is -2.39. The van der Waals surface area contributed by atoms with Gasteiger partial charge >= 0.3 is 0 Å². The van der Waals surface area contributed by atoms with E-state index in [0.29, 0.717) is 11.6 Å². The largest absolute Gasteiger partial charge is 0.342 e. The summed E-state index contributed by atoms with van der Waals surface area (Å²) in [6.07, 6.45) is 21.9. The number of hydrogen-bond donors (Lipinski definition) is 0. The molecule has 0 radical (unpaired) electrons. The smallest absolute Gasteiger partial charge is 0.248 e. The van der Waals surface area contributed by atoms with E-state index in [1.54, 1.807) is 6.92 Å². The normalized spacial score (nSPS) is 12.5. The third-order valence-electron chi connectivity index (χ3n) is 7.80. The van der Waals surface area contributed by atoms with Crippen LogP contribution in [0, 0.1) is 0 Å². The van der Waals surface area contributed by atoms with Crippen LogP contribution in [0.1, 0.15) is 128 Å². The van der Waals surface area contributed by atoms with Gasteiger partial charge in [-0.05, 0) is 13.3 Å². The van der Waals surface area contributed by atoms with Gasteiger partial charge in [-0.2, -0.15) is 0 Å². The van der Waals surface area contributed by atoms with Gasteiger partial charge in [-0.1, -0.05) is 127 Å². The van der Waals surface area contributed by atoms with Crippen molar-refractivity contribution in [2.75, 3.05) is 34.2 Å². The highest BCUT2D eigenvalue weighted by molar-refractivity contribution is 5.91. The molecule has 1 aromatic carbocycles. The fraction of sp³-hybridized carbons (Fsp3) is 0.727. The summed E-state index contributed by atoms with van der Waals surface area (Å²) in [7, 11) is 6.62. The van der Waals surface area contributed by atoms with Crippen molar-refractivity contribution >= 4 is 5.91 Å². The fourth-order valence-corrected chi connectivity index (χ4v) is 5.43. The third kappa shape index (κ3) is 14.2. The zero-order valence-corrected chi connectivity index (χ0v) is 24.7. The average molecular weight is 500 g/mol. The minimum Gasteiger partial charge on any atom is -0.342 e. The number of carbonyl (C=O) groups excluding carboxylic acids is 1. The third-order valence-corrected chi connectivity index (χ3v) is 7.80. The Morgan fingerprint density at radius 2 is 1.28 bits per heavy atom. The number of unbranched alkanes of at least 4 members (excludes halogenated alkanes) is 13. The van der Waals surface area contributed by atoms with Crippen LogP contribution in [-0.4, -0.2) is 49.5 Å². The topological polar surface area (TPSA) is 20.3 Å². The summed E-state index contributed by atoms with van der Waals surface area (Å²) in [6, 6.07) is 11.6. The van der Waals surface area contributed by atoms with Gasteiger partial charge in [0.25, 0.3) is 0 Å². The van der Waals surface area contributed by atoms with Crippen molar-refractivity contribution in [2.24, 2.45) is 0 Å². The molecule has 1 rings (SSSR count). The van der Waals surface area contributed by atoms with E-state index in [0.717, 1.165) is 24.0 Å². The maximum Gasteiger partial charge on any atom is 0.248 e. The molecule has 0 spiro atoms. The molecule has 3 heteroatoms. The van der Waals surface area contributed by atoms with Gasteiger partial charge in [-0.15, -0.1) is 0 Å². The molecular formula is C33H59N2O+. The van der Waals surface area contributed by atoms with Gasteiger partial charge in [-0.3, -0.25) is 4.79 Å². The SMILES string of the molecule is C=C(C)C(=O)N(C)CCC[N+](C)(C)C(CCCCCCCCCCCCCCCC)c1ccccc1. The number of quaternary nitrogens is 1. The van der Waals surface area contributed by atoms with E-state index < -0.39 is 0 Å². The molecule has 0 aliphatic rings. The first-order chi connectivity index (χ1) is 17.3. The molecule has 0 heterocycles. The molecule has 36 heavy (non-hydrogen) atoms. The maximum atomic E-state index is 12.1. The van der Waals surface area contributed by atoms with Gasteiger partial charge in [-0.25, -0.2) is 0 Å². The number of likely N-dealkylation sites (N-methyl/N-ethyl adjacent to an activating group) is 1. The summed E-state index contributed by atoms with van der Waals surface area (Å²) in [5, 5.41) is 0. The molecule has 0 N–H and O–H groups in total. The Kier molecular flexibility index (Phi) is 17.6. The average Bonchev–Trinajstić information content (AvgIpc) is 2.86. The summed E-state index contributed by atoms with van der Waals surface area (Å²) >= 11 is 0. The van der Waals surface area contributed by atoms with E-state index >= 15 is 0 Å². The Balaban J connectivity index is 2.32. The molecule has 0 aliphatic heterocycles. The highest BCUT2D eigenvalue weighted by Gasteiger charge is 2.29. The monoisotopic (exact) mass is 499 g/mol. The highest BCUT2D eigenvalue weighted by atomic mass is 16.2. The Morgan fingerprint density at radius 3 is 1.75 bits per heavy atom. The van der Waals surface area contributed by atoms with Crippen LogP contribution in [-0.2, 0) is 4.79 Å². The van der Waals surface area contributed by atoms with Gasteiger partial charge in [0.05, 0.1) is 20.6 Å². The molecule has 0 aromatic heterocycles. The predicted octanol–water partition coefficient (Wildman–Crippen LogP) is 9.10. The first kappa shape index (κ1) is 32.4. The summed E-state index contributed by atoms with van der Waals surface area (Å²) in [4.78, 5) is 13.9. The van der Waals surface area contributed by atoms with Crippen LogP contribution in [0.15, 0.2) is 42.5 Å². The molecule has 0 bridgehead atoms. The number of amides is 1. The summed E-state index contributed by atoms with van der Waals surface area (Å²) in [5.74, 6) is 0.0577. The van der Waals surface area contributed by atoms with Gasteiger partial charge in [0.2, 0.25) is 5.91 Å². The molecule has 0 aliphatic carbocycles. The Bertz CT molecular complexity index is 697. The fourth-order valence-electron chi connectivity index (χ4n) is 5.43. The van der Waals surface area contributed by atoms with E-state index in [2.05, 4.69) is 57.9 Å².